The second-order valence-corrected chi connectivity index (χ2v) is 7.52. The van der Waals surface area contributed by atoms with Gasteiger partial charge in [-0.1, -0.05) is 11.6 Å². The molecule has 0 aliphatic carbocycles. The van der Waals surface area contributed by atoms with Gasteiger partial charge in [-0.15, -0.1) is 0 Å². The molecule has 1 saturated heterocycles. The first-order chi connectivity index (χ1) is 14.5. The first-order valence-corrected chi connectivity index (χ1v) is 10.1. The van der Waals surface area contributed by atoms with Crippen molar-refractivity contribution in [1.29, 1.82) is 0 Å². The number of methoxy groups -OCH3 is 3. The number of rotatable bonds is 8. The summed E-state index contributed by atoms with van der Waals surface area (Å²) in [7, 11) is 4.53. The number of imide groups is 1. The molecule has 0 N–H and O–H groups in total. The molecule has 1 fully saturated rings. The van der Waals surface area contributed by atoms with Crippen molar-refractivity contribution in [3.8, 4) is 23.0 Å². The van der Waals surface area contributed by atoms with Gasteiger partial charge in [0.2, 0.25) is 5.75 Å². The molecule has 2 aromatic rings. The van der Waals surface area contributed by atoms with Crippen LogP contribution in [0.1, 0.15) is 5.56 Å². The molecule has 2 aromatic carbocycles. The number of benzene rings is 2. The Bertz CT molecular complexity index is 951. The van der Waals surface area contributed by atoms with Crippen molar-refractivity contribution in [3.63, 3.8) is 0 Å². The molecule has 0 spiro atoms. The molecule has 3 rings (SSSR count). The minimum atomic E-state index is -0.376. The number of hydrogen-bond donors (Lipinski definition) is 0. The third-order valence-electron chi connectivity index (χ3n) is 4.26. The highest BCUT2D eigenvalue weighted by Crippen LogP contribution is 2.40. The Balaban J connectivity index is 1.72. The molecule has 1 aliphatic rings. The van der Waals surface area contributed by atoms with Crippen LogP contribution in [0.5, 0.6) is 23.0 Å². The fourth-order valence-corrected chi connectivity index (χ4v) is 3.81. The Morgan fingerprint density at radius 1 is 1.00 bits per heavy atom. The summed E-state index contributed by atoms with van der Waals surface area (Å²) in [6.45, 7) is 0.316. The van der Waals surface area contributed by atoms with Crippen LogP contribution in [-0.2, 0) is 4.79 Å². The minimum absolute atomic E-state index is 0.139. The largest absolute Gasteiger partial charge is 0.493 e. The molecular weight excluding hydrogens is 430 g/mol. The number of amides is 2. The summed E-state index contributed by atoms with van der Waals surface area (Å²) in [5.74, 6) is 1.60. The van der Waals surface area contributed by atoms with Gasteiger partial charge in [-0.2, -0.15) is 0 Å². The maximum absolute atomic E-state index is 12.7. The quantitative estimate of drug-likeness (QED) is 0.550. The molecule has 0 atom stereocenters. The number of nitrogens with zero attached hydrogens (tertiary/aromatic N) is 1. The van der Waals surface area contributed by atoms with Crippen LogP contribution in [0.3, 0.4) is 0 Å². The maximum Gasteiger partial charge on any atom is 0.293 e. The van der Waals surface area contributed by atoms with Crippen molar-refractivity contribution >= 4 is 40.6 Å². The van der Waals surface area contributed by atoms with Gasteiger partial charge in [-0.25, -0.2) is 0 Å². The second kappa shape index (κ2) is 9.77. The van der Waals surface area contributed by atoms with E-state index >= 15 is 0 Å². The smallest absolute Gasteiger partial charge is 0.293 e. The molecule has 2 amide bonds. The predicted molar refractivity (Wildman–Crippen MR) is 116 cm³/mol. The van der Waals surface area contributed by atoms with Crippen LogP contribution in [0.4, 0.5) is 4.79 Å². The minimum Gasteiger partial charge on any atom is -0.493 e. The highest BCUT2D eigenvalue weighted by Gasteiger charge is 2.35. The van der Waals surface area contributed by atoms with Crippen molar-refractivity contribution in [2.75, 3.05) is 34.5 Å². The van der Waals surface area contributed by atoms with Gasteiger partial charge in [0, 0.05) is 5.02 Å². The molecule has 30 heavy (non-hydrogen) atoms. The van der Waals surface area contributed by atoms with E-state index in [1.807, 2.05) is 0 Å². The summed E-state index contributed by atoms with van der Waals surface area (Å²) in [6.07, 6.45) is 1.62. The normalized spacial score (nSPS) is 14.9. The molecule has 1 aliphatic heterocycles. The zero-order chi connectivity index (χ0) is 21.7. The van der Waals surface area contributed by atoms with Gasteiger partial charge in [0.15, 0.2) is 11.5 Å². The van der Waals surface area contributed by atoms with Gasteiger partial charge in [-0.05, 0) is 59.8 Å². The Morgan fingerprint density at radius 3 is 2.20 bits per heavy atom. The fourth-order valence-electron chi connectivity index (χ4n) is 2.81. The maximum atomic E-state index is 12.7. The average molecular weight is 450 g/mol. The van der Waals surface area contributed by atoms with Crippen molar-refractivity contribution in [2.45, 2.75) is 0 Å². The van der Waals surface area contributed by atoms with E-state index in [1.54, 1.807) is 42.5 Å². The van der Waals surface area contributed by atoms with Crippen LogP contribution >= 0.6 is 23.4 Å². The van der Waals surface area contributed by atoms with E-state index in [-0.39, 0.29) is 24.3 Å². The third kappa shape index (κ3) is 4.83. The second-order valence-electron chi connectivity index (χ2n) is 6.09. The van der Waals surface area contributed by atoms with Crippen molar-refractivity contribution in [2.24, 2.45) is 0 Å². The van der Waals surface area contributed by atoms with Gasteiger partial charge < -0.3 is 18.9 Å². The molecular formula is C21H20ClNO6S. The monoisotopic (exact) mass is 449 g/mol. The lowest BCUT2D eigenvalue weighted by Gasteiger charge is -2.14. The zero-order valence-corrected chi connectivity index (χ0v) is 18.2. The van der Waals surface area contributed by atoms with E-state index in [2.05, 4.69) is 0 Å². The summed E-state index contributed by atoms with van der Waals surface area (Å²) in [5, 5.41) is 0.253. The topological polar surface area (TPSA) is 74.3 Å². The molecule has 7 nitrogen and oxygen atoms in total. The highest BCUT2D eigenvalue weighted by molar-refractivity contribution is 8.18. The Hall–Kier alpha value is -2.84. The van der Waals surface area contributed by atoms with E-state index in [1.165, 1.54) is 21.3 Å². The number of ether oxygens (including phenoxy) is 4. The molecule has 158 valence electrons. The molecule has 0 aromatic heterocycles. The molecule has 0 bridgehead atoms. The van der Waals surface area contributed by atoms with Crippen LogP contribution in [0.2, 0.25) is 5.02 Å². The lowest BCUT2D eigenvalue weighted by molar-refractivity contribution is -0.123. The van der Waals surface area contributed by atoms with E-state index in [4.69, 9.17) is 30.5 Å². The molecule has 1 heterocycles. The van der Waals surface area contributed by atoms with E-state index in [9.17, 15) is 9.59 Å². The van der Waals surface area contributed by atoms with Crippen molar-refractivity contribution in [3.05, 3.63) is 51.9 Å². The first-order valence-electron chi connectivity index (χ1n) is 8.90. The zero-order valence-electron chi connectivity index (χ0n) is 16.6. The fraction of sp³-hybridized carbons (Fsp3) is 0.238. The van der Waals surface area contributed by atoms with E-state index in [0.29, 0.717) is 38.5 Å². The number of carbonyl (C=O) groups is 2. The SMILES string of the molecule is COc1cc(/C=C2\SC(=O)N(CCOc3ccc(Cl)cc3)C2=O)cc(OC)c1OC. The van der Waals surface area contributed by atoms with Gasteiger partial charge >= 0.3 is 0 Å². The Labute approximate surface area is 183 Å². The number of hydrogen-bond acceptors (Lipinski definition) is 7. The molecule has 9 heteroatoms. The summed E-state index contributed by atoms with van der Waals surface area (Å²) in [6, 6.07) is 10.3. The van der Waals surface area contributed by atoms with Gasteiger partial charge in [0.1, 0.15) is 12.4 Å². The third-order valence-corrected chi connectivity index (χ3v) is 5.42. The Morgan fingerprint density at radius 2 is 1.63 bits per heavy atom. The van der Waals surface area contributed by atoms with Gasteiger partial charge in [-0.3, -0.25) is 14.5 Å². The van der Waals surface area contributed by atoms with Crippen LogP contribution < -0.4 is 18.9 Å². The number of carbonyl (C=O) groups excluding carboxylic acids is 2. The lowest BCUT2D eigenvalue weighted by atomic mass is 10.1. The highest BCUT2D eigenvalue weighted by atomic mass is 35.5. The van der Waals surface area contributed by atoms with Crippen LogP contribution in [0.25, 0.3) is 6.08 Å². The van der Waals surface area contributed by atoms with Crippen molar-refractivity contribution in [1.82, 2.24) is 4.90 Å². The van der Waals surface area contributed by atoms with Crippen LogP contribution in [0.15, 0.2) is 41.3 Å². The number of thioether (sulfide) groups is 1. The average Bonchev–Trinajstić information content (AvgIpc) is 3.01. The summed E-state index contributed by atoms with van der Waals surface area (Å²) < 4.78 is 21.5. The lowest BCUT2D eigenvalue weighted by Crippen LogP contribution is -2.32. The van der Waals surface area contributed by atoms with E-state index in [0.717, 1.165) is 16.7 Å². The molecule has 0 unspecified atom stereocenters. The standard InChI is InChI=1S/C21H20ClNO6S/c1-26-16-10-13(11-17(27-2)19(16)28-3)12-18-20(24)23(21(25)30-18)8-9-29-15-6-4-14(22)5-7-15/h4-7,10-12H,8-9H2,1-3H3/b18-12-. The summed E-state index contributed by atoms with van der Waals surface area (Å²) in [4.78, 5) is 26.5. The van der Waals surface area contributed by atoms with E-state index < -0.39 is 0 Å². The van der Waals surface area contributed by atoms with Gasteiger partial charge in [0.25, 0.3) is 11.1 Å². The molecule has 0 radical (unpaired) electrons. The summed E-state index contributed by atoms with van der Waals surface area (Å²) >= 11 is 6.71. The Kier molecular flexibility index (Phi) is 7.12. The molecule has 0 saturated carbocycles. The van der Waals surface area contributed by atoms with Crippen molar-refractivity contribution < 1.29 is 28.5 Å². The van der Waals surface area contributed by atoms with Crippen LogP contribution in [0, 0.1) is 0 Å². The predicted octanol–water partition coefficient (Wildman–Crippen LogP) is 4.48. The number of halogens is 1. The first kappa shape index (κ1) is 21.9. The van der Waals surface area contributed by atoms with Gasteiger partial charge in [0.05, 0.1) is 32.8 Å². The summed E-state index contributed by atoms with van der Waals surface area (Å²) in [5.41, 5.74) is 0.646. The van der Waals surface area contributed by atoms with Crippen LogP contribution in [-0.4, -0.2) is 50.5 Å².